The lowest BCUT2D eigenvalue weighted by Gasteiger charge is -2.23. The van der Waals surface area contributed by atoms with Crippen molar-refractivity contribution in [1.82, 2.24) is 0 Å². The van der Waals surface area contributed by atoms with Crippen LogP contribution in [0, 0.1) is 0 Å². The zero-order valence-corrected chi connectivity index (χ0v) is 16.5. The fraction of sp³-hybridized carbons (Fsp3) is 0. The fourth-order valence-corrected chi connectivity index (χ4v) is 6.58. The van der Waals surface area contributed by atoms with Crippen molar-refractivity contribution in [2.75, 3.05) is 0 Å². The van der Waals surface area contributed by atoms with Crippen molar-refractivity contribution in [1.29, 1.82) is 0 Å². The van der Waals surface area contributed by atoms with Crippen molar-refractivity contribution in [3.05, 3.63) is 109 Å². The van der Waals surface area contributed by atoms with Crippen molar-refractivity contribution >= 4 is 35.6 Å². The van der Waals surface area contributed by atoms with E-state index < -0.39 is 14.3 Å². The van der Waals surface area contributed by atoms with Gasteiger partial charge in [-0.3, -0.25) is 0 Å². The minimum Gasteiger partial charge on any atom is -0.519 e. The van der Waals surface area contributed by atoms with Gasteiger partial charge >= 0.3 is 7.12 Å². The highest BCUT2D eigenvalue weighted by Crippen LogP contribution is 2.42. The van der Waals surface area contributed by atoms with E-state index in [-0.39, 0.29) is 0 Å². The van der Waals surface area contributed by atoms with Gasteiger partial charge in [0.15, 0.2) is 7.14 Å². The third kappa shape index (κ3) is 3.06. The minimum absolute atomic E-state index is 0.635. The molecule has 0 aliphatic carbocycles. The third-order valence-corrected chi connectivity index (χ3v) is 8.22. The molecule has 29 heavy (non-hydrogen) atoms. The molecule has 4 aromatic carbocycles. The first kappa shape index (κ1) is 17.8. The lowest BCUT2D eigenvalue weighted by Crippen LogP contribution is -2.48. The Bertz CT molecular complexity index is 1130. The SMILES string of the molecule is O=P(c1ccccc1)(c1ccccc1)c1ccccc1B1Oc2ccccc2O1. The first-order valence-corrected chi connectivity index (χ1v) is 11.2. The van der Waals surface area contributed by atoms with Gasteiger partial charge in [-0.1, -0.05) is 97.1 Å². The standard InChI is InChI=1S/C24H18BO3P/c26-29(19-11-3-1-4-12-19,20-13-5-2-6-14-20)24-18-10-7-15-21(24)25-27-22-16-8-9-17-23(22)28-25/h1-18H. The lowest BCUT2D eigenvalue weighted by molar-refractivity contribution is 0.519. The Labute approximate surface area is 170 Å². The van der Waals surface area contributed by atoms with Crippen molar-refractivity contribution in [2.45, 2.75) is 0 Å². The Balaban J connectivity index is 1.69. The molecule has 0 saturated heterocycles. The summed E-state index contributed by atoms with van der Waals surface area (Å²) in [5.74, 6) is 1.39. The maximum Gasteiger partial charge on any atom is 0.633 e. The van der Waals surface area contributed by atoms with Gasteiger partial charge in [-0.2, -0.15) is 0 Å². The van der Waals surface area contributed by atoms with Crippen LogP contribution in [0.25, 0.3) is 0 Å². The molecule has 5 heteroatoms. The molecule has 1 aliphatic rings. The highest BCUT2D eigenvalue weighted by molar-refractivity contribution is 7.85. The van der Waals surface area contributed by atoms with Crippen molar-refractivity contribution in [3.63, 3.8) is 0 Å². The quantitative estimate of drug-likeness (QED) is 0.392. The lowest BCUT2D eigenvalue weighted by atomic mass is 9.79. The summed E-state index contributed by atoms with van der Waals surface area (Å²) >= 11 is 0. The van der Waals surface area contributed by atoms with Crippen LogP contribution in [0.15, 0.2) is 109 Å². The third-order valence-electron chi connectivity index (χ3n) is 5.09. The number of benzene rings is 4. The number of fused-ring (bicyclic) bond motifs is 1. The van der Waals surface area contributed by atoms with Gasteiger partial charge in [0.2, 0.25) is 0 Å². The van der Waals surface area contributed by atoms with E-state index in [2.05, 4.69) is 0 Å². The van der Waals surface area contributed by atoms with E-state index in [1.54, 1.807) is 0 Å². The fourth-order valence-electron chi connectivity index (χ4n) is 3.70. The molecular formula is C24H18BO3P. The summed E-state index contributed by atoms with van der Waals surface area (Å²) in [7, 11) is -3.76. The van der Waals surface area contributed by atoms with Crippen LogP contribution in [0.5, 0.6) is 11.5 Å². The van der Waals surface area contributed by atoms with Crippen LogP contribution in [0.2, 0.25) is 0 Å². The van der Waals surface area contributed by atoms with Gasteiger partial charge in [0.25, 0.3) is 0 Å². The first-order chi connectivity index (χ1) is 14.3. The van der Waals surface area contributed by atoms with E-state index in [4.69, 9.17) is 9.31 Å². The molecule has 0 bridgehead atoms. The summed E-state index contributed by atoms with van der Waals surface area (Å²) in [4.78, 5) is 0. The maximum absolute atomic E-state index is 14.8. The Hall–Kier alpha value is -3.23. The summed E-state index contributed by atoms with van der Waals surface area (Å²) < 4.78 is 26.9. The zero-order chi connectivity index (χ0) is 19.7. The van der Waals surface area contributed by atoms with E-state index in [9.17, 15) is 4.57 Å². The predicted molar refractivity (Wildman–Crippen MR) is 119 cm³/mol. The average molecular weight is 396 g/mol. The Morgan fingerprint density at radius 1 is 0.552 bits per heavy atom. The molecule has 1 heterocycles. The number of hydrogen-bond donors (Lipinski definition) is 0. The van der Waals surface area contributed by atoms with Crippen LogP contribution in [-0.2, 0) is 4.57 Å². The summed E-state index contributed by atoms with van der Waals surface area (Å²) in [6, 6.07) is 34.6. The number of hydrogen-bond acceptors (Lipinski definition) is 3. The van der Waals surface area contributed by atoms with E-state index >= 15 is 0 Å². The second-order valence-electron chi connectivity index (χ2n) is 6.85. The van der Waals surface area contributed by atoms with Gasteiger partial charge < -0.3 is 13.9 Å². The molecule has 0 radical (unpaired) electrons. The average Bonchev–Trinajstić information content (AvgIpc) is 3.24. The second-order valence-corrected chi connectivity index (χ2v) is 9.59. The topological polar surface area (TPSA) is 35.5 Å². The summed E-state index contributed by atoms with van der Waals surface area (Å²) in [6.07, 6.45) is 0. The van der Waals surface area contributed by atoms with Crippen LogP contribution in [0.1, 0.15) is 0 Å². The maximum atomic E-state index is 14.8. The van der Waals surface area contributed by atoms with Gasteiger partial charge in [-0.25, -0.2) is 0 Å². The normalized spacial score (nSPS) is 12.8. The summed E-state index contributed by atoms with van der Waals surface area (Å²) in [6.45, 7) is 0. The Kier molecular flexibility index (Phi) is 4.50. The largest absolute Gasteiger partial charge is 0.633 e. The van der Waals surface area contributed by atoms with Crippen molar-refractivity contribution in [3.8, 4) is 11.5 Å². The second kappa shape index (κ2) is 7.31. The Morgan fingerprint density at radius 2 is 1.00 bits per heavy atom. The molecule has 0 unspecified atom stereocenters. The van der Waals surface area contributed by atoms with Gasteiger partial charge in [-0.05, 0) is 12.1 Å². The van der Waals surface area contributed by atoms with Crippen LogP contribution in [0.4, 0.5) is 0 Å². The molecule has 1 aliphatic heterocycles. The minimum atomic E-state index is -3.12. The first-order valence-electron chi connectivity index (χ1n) is 9.50. The number of rotatable bonds is 4. The van der Waals surface area contributed by atoms with Crippen molar-refractivity contribution in [2.24, 2.45) is 0 Å². The molecule has 0 amide bonds. The Morgan fingerprint density at radius 3 is 1.55 bits per heavy atom. The van der Waals surface area contributed by atoms with E-state index in [1.807, 2.05) is 109 Å². The molecule has 4 aromatic rings. The van der Waals surface area contributed by atoms with E-state index in [1.165, 1.54) is 0 Å². The monoisotopic (exact) mass is 396 g/mol. The highest BCUT2D eigenvalue weighted by Gasteiger charge is 2.41. The van der Waals surface area contributed by atoms with Crippen LogP contribution < -0.4 is 30.7 Å². The van der Waals surface area contributed by atoms with Gasteiger partial charge in [0, 0.05) is 21.4 Å². The molecule has 0 atom stereocenters. The molecule has 3 nitrogen and oxygen atoms in total. The van der Waals surface area contributed by atoms with Gasteiger partial charge in [-0.15, -0.1) is 0 Å². The molecule has 5 rings (SSSR count). The molecule has 0 spiro atoms. The predicted octanol–water partition coefficient (Wildman–Crippen LogP) is 3.49. The molecular weight excluding hydrogens is 378 g/mol. The molecule has 0 aromatic heterocycles. The number of para-hydroxylation sites is 2. The van der Waals surface area contributed by atoms with Crippen LogP contribution in [-0.4, -0.2) is 7.12 Å². The zero-order valence-electron chi connectivity index (χ0n) is 15.6. The summed E-state index contributed by atoms with van der Waals surface area (Å²) in [5.41, 5.74) is 0.778. The molecule has 140 valence electrons. The van der Waals surface area contributed by atoms with Gasteiger partial charge in [0.05, 0.1) is 0 Å². The van der Waals surface area contributed by atoms with Gasteiger partial charge in [0.1, 0.15) is 11.5 Å². The summed E-state index contributed by atoms with van der Waals surface area (Å²) in [5, 5.41) is 2.30. The van der Waals surface area contributed by atoms with Crippen LogP contribution in [0.3, 0.4) is 0 Å². The molecule has 0 fully saturated rings. The van der Waals surface area contributed by atoms with E-state index in [0.717, 1.165) is 21.4 Å². The molecule has 0 saturated carbocycles. The van der Waals surface area contributed by atoms with Crippen LogP contribution >= 0.6 is 7.14 Å². The molecule has 0 N–H and O–H groups in total. The van der Waals surface area contributed by atoms with Crippen molar-refractivity contribution < 1.29 is 13.9 Å². The highest BCUT2D eigenvalue weighted by atomic mass is 31.2. The smallest absolute Gasteiger partial charge is 0.519 e. The van der Waals surface area contributed by atoms with E-state index in [0.29, 0.717) is 11.5 Å².